The summed E-state index contributed by atoms with van der Waals surface area (Å²) in [5.41, 5.74) is 0. The number of sulfone groups is 1. The van der Waals surface area contributed by atoms with Gasteiger partial charge in [0.25, 0.3) is 0 Å². The number of rotatable bonds is 3. The second-order valence-electron chi connectivity index (χ2n) is 3.33. The predicted octanol–water partition coefficient (Wildman–Crippen LogP) is -1.49. The summed E-state index contributed by atoms with van der Waals surface area (Å²) < 4.78 is 21.5. The summed E-state index contributed by atoms with van der Waals surface area (Å²) in [4.78, 5) is 11.1. The molecule has 1 saturated heterocycles. The Morgan fingerprint density at radius 2 is 2.31 bits per heavy atom. The van der Waals surface area contributed by atoms with Gasteiger partial charge in [-0.05, 0) is 13.0 Å². The first-order valence-corrected chi connectivity index (χ1v) is 6.21. The van der Waals surface area contributed by atoms with E-state index in [0.717, 1.165) is 25.8 Å². The molecule has 0 spiro atoms. The Bertz CT molecular complexity index is 280. The summed E-state index contributed by atoms with van der Waals surface area (Å²) >= 11 is 0. The van der Waals surface area contributed by atoms with Gasteiger partial charge in [-0.25, -0.2) is 8.42 Å². The van der Waals surface area contributed by atoms with Gasteiger partial charge in [-0.1, -0.05) is 0 Å². The number of carbonyl (C=O) groups is 1. The molecule has 0 unspecified atom stereocenters. The van der Waals surface area contributed by atoms with E-state index >= 15 is 0 Å². The summed E-state index contributed by atoms with van der Waals surface area (Å²) in [6.07, 6.45) is 1.93. The molecule has 1 heterocycles. The third kappa shape index (κ3) is 4.23. The van der Waals surface area contributed by atoms with Crippen LogP contribution in [0.4, 0.5) is 0 Å². The number of carbonyl (C=O) groups excluding carboxylic acids is 1. The van der Waals surface area contributed by atoms with Crippen molar-refractivity contribution in [1.29, 1.82) is 0 Å². The normalized spacial score (nSPS) is 23.0. The quantitative estimate of drug-likeness (QED) is 0.590. The van der Waals surface area contributed by atoms with Crippen molar-refractivity contribution in [3.8, 4) is 0 Å². The standard InChI is InChI=1S/C7H14N2O3S/c1-13(11,12)5-7(10)9-6-2-3-8-4-6/h6,8H,2-5H2,1H3,(H,9,10)/t6-/m1/s1. The smallest absolute Gasteiger partial charge is 0.235 e. The first-order valence-electron chi connectivity index (χ1n) is 4.15. The summed E-state index contributed by atoms with van der Waals surface area (Å²) in [6, 6.07) is 0.0919. The van der Waals surface area contributed by atoms with Crippen molar-refractivity contribution >= 4 is 15.7 Å². The molecule has 2 N–H and O–H groups in total. The van der Waals surface area contributed by atoms with Crippen LogP contribution in [0.2, 0.25) is 0 Å². The van der Waals surface area contributed by atoms with E-state index in [0.29, 0.717) is 0 Å². The predicted molar refractivity (Wildman–Crippen MR) is 49.1 cm³/mol. The highest BCUT2D eigenvalue weighted by molar-refractivity contribution is 7.91. The zero-order chi connectivity index (χ0) is 9.90. The molecule has 1 aliphatic rings. The number of hydrogen-bond donors (Lipinski definition) is 2. The molecule has 1 fully saturated rings. The summed E-state index contributed by atoms with van der Waals surface area (Å²) in [5.74, 6) is -0.819. The lowest BCUT2D eigenvalue weighted by atomic mass is 10.3. The fraction of sp³-hybridized carbons (Fsp3) is 0.857. The van der Waals surface area contributed by atoms with Crippen molar-refractivity contribution < 1.29 is 13.2 Å². The maximum atomic E-state index is 11.1. The van der Waals surface area contributed by atoms with E-state index in [9.17, 15) is 13.2 Å². The number of amides is 1. The molecule has 0 aromatic heterocycles. The monoisotopic (exact) mass is 206 g/mol. The number of nitrogens with one attached hydrogen (secondary N) is 2. The molecule has 1 atom stereocenters. The third-order valence-corrected chi connectivity index (χ3v) is 2.61. The lowest BCUT2D eigenvalue weighted by Crippen LogP contribution is -2.39. The van der Waals surface area contributed by atoms with Gasteiger partial charge in [-0.15, -0.1) is 0 Å². The average molecular weight is 206 g/mol. The van der Waals surface area contributed by atoms with E-state index in [4.69, 9.17) is 0 Å². The van der Waals surface area contributed by atoms with Crippen LogP contribution in [0.25, 0.3) is 0 Å². The van der Waals surface area contributed by atoms with Gasteiger partial charge in [-0.3, -0.25) is 4.79 Å². The first-order chi connectivity index (χ1) is 5.97. The summed E-state index contributed by atoms with van der Waals surface area (Å²) in [5, 5.41) is 5.73. The number of hydrogen-bond acceptors (Lipinski definition) is 4. The zero-order valence-corrected chi connectivity index (χ0v) is 8.36. The molecular formula is C7H14N2O3S. The minimum Gasteiger partial charge on any atom is -0.351 e. The van der Waals surface area contributed by atoms with Gasteiger partial charge in [0.15, 0.2) is 9.84 Å². The Hall–Kier alpha value is -0.620. The molecule has 5 nitrogen and oxygen atoms in total. The van der Waals surface area contributed by atoms with E-state index < -0.39 is 21.5 Å². The van der Waals surface area contributed by atoms with Gasteiger partial charge >= 0.3 is 0 Å². The molecule has 0 saturated carbocycles. The fourth-order valence-electron chi connectivity index (χ4n) is 1.29. The summed E-state index contributed by atoms with van der Waals surface area (Å²) in [6.45, 7) is 1.61. The van der Waals surface area contributed by atoms with Gasteiger partial charge < -0.3 is 10.6 Å². The van der Waals surface area contributed by atoms with Crippen molar-refractivity contribution in [3.05, 3.63) is 0 Å². The zero-order valence-electron chi connectivity index (χ0n) is 7.54. The SMILES string of the molecule is CS(=O)(=O)CC(=O)N[C@@H]1CCNC1. The van der Waals surface area contributed by atoms with E-state index in [-0.39, 0.29) is 6.04 Å². The lowest BCUT2D eigenvalue weighted by Gasteiger charge is -2.09. The Morgan fingerprint density at radius 1 is 1.62 bits per heavy atom. The molecule has 0 aromatic carbocycles. The van der Waals surface area contributed by atoms with Crippen molar-refractivity contribution in [2.75, 3.05) is 25.1 Å². The molecule has 0 aromatic rings. The van der Waals surface area contributed by atoms with Crippen LogP contribution in [0.15, 0.2) is 0 Å². The lowest BCUT2D eigenvalue weighted by molar-refractivity contribution is -0.119. The van der Waals surface area contributed by atoms with E-state index in [1.165, 1.54) is 0 Å². The van der Waals surface area contributed by atoms with Crippen LogP contribution in [0.1, 0.15) is 6.42 Å². The molecule has 1 rings (SSSR count). The molecule has 0 aliphatic carbocycles. The second kappa shape index (κ2) is 4.06. The van der Waals surface area contributed by atoms with Crippen molar-refractivity contribution in [1.82, 2.24) is 10.6 Å². The Kier molecular flexibility index (Phi) is 3.27. The van der Waals surface area contributed by atoms with Crippen LogP contribution in [0.5, 0.6) is 0 Å². The second-order valence-corrected chi connectivity index (χ2v) is 5.47. The highest BCUT2D eigenvalue weighted by Gasteiger charge is 2.18. The molecule has 1 amide bonds. The molecule has 0 bridgehead atoms. The third-order valence-electron chi connectivity index (χ3n) is 1.82. The van der Waals surface area contributed by atoms with Crippen molar-refractivity contribution in [3.63, 3.8) is 0 Å². The van der Waals surface area contributed by atoms with Crippen LogP contribution in [0.3, 0.4) is 0 Å². The van der Waals surface area contributed by atoms with Crippen LogP contribution in [-0.2, 0) is 14.6 Å². The van der Waals surface area contributed by atoms with E-state index in [1.54, 1.807) is 0 Å². The van der Waals surface area contributed by atoms with Gasteiger partial charge in [-0.2, -0.15) is 0 Å². The van der Waals surface area contributed by atoms with Crippen molar-refractivity contribution in [2.24, 2.45) is 0 Å². The topological polar surface area (TPSA) is 75.3 Å². The average Bonchev–Trinajstić information content (AvgIpc) is 2.34. The minimum absolute atomic E-state index is 0.0919. The van der Waals surface area contributed by atoms with Crippen LogP contribution in [0, 0.1) is 0 Å². The van der Waals surface area contributed by atoms with Crippen LogP contribution < -0.4 is 10.6 Å². The molecular weight excluding hydrogens is 192 g/mol. The maximum absolute atomic E-state index is 11.1. The molecule has 0 radical (unpaired) electrons. The summed E-state index contributed by atoms with van der Waals surface area (Å²) in [7, 11) is -3.20. The van der Waals surface area contributed by atoms with Crippen molar-refractivity contribution in [2.45, 2.75) is 12.5 Å². The largest absolute Gasteiger partial charge is 0.351 e. The Balaban J connectivity index is 2.33. The minimum atomic E-state index is -3.20. The van der Waals surface area contributed by atoms with Gasteiger partial charge in [0.1, 0.15) is 5.75 Å². The Labute approximate surface area is 77.8 Å². The fourth-order valence-corrected chi connectivity index (χ4v) is 1.84. The van der Waals surface area contributed by atoms with Gasteiger partial charge in [0.05, 0.1) is 0 Å². The highest BCUT2D eigenvalue weighted by Crippen LogP contribution is 1.96. The molecule has 76 valence electrons. The van der Waals surface area contributed by atoms with E-state index in [2.05, 4.69) is 10.6 Å². The van der Waals surface area contributed by atoms with Crippen LogP contribution in [-0.4, -0.2) is 45.5 Å². The molecule has 1 aliphatic heterocycles. The Morgan fingerprint density at radius 3 is 2.77 bits per heavy atom. The molecule has 6 heteroatoms. The van der Waals surface area contributed by atoms with E-state index in [1.807, 2.05) is 0 Å². The maximum Gasteiger partial charge on any atom is 0.235 e. The highest BCUT2D eigenvalue weighted by atomic mass is 32.2. The molecule has 13 heavy (non-hydrogen) atoms. The van der Waals surface area contributed by atoms with Gasteiger partial charge in [0, 0.05) is 18.8 Å². The van der Waals surface area contributed by atoms with Gasteiger partial charge in [0.2, 0.25) is 5.91 Å². The first kappa shape index (κ1) is 10.5. The van der Waals surface area contributed by atoms with Crippen LogP contribution >= 0.6 is 0 Å².